The van der Waals surface area contributed by atoms with Gasteiger partial charge in [0, 0.05) is 24.4 Å². The van der Waals surface area contributed by atoms with Gasteiger partial charge in [-0.2, -0.15) is 5.26 Å². The lowest BCUT2D eigenvalue weighted by atomic mass is 10.1. The minimum atomic E-state index is -0.835. The highest BCUT2D eigenvalue weighted by Crippen LogP contribution is 2.20. The fraction of sp³-hybridized carbons (Fsp3) is 0.250. The van der Waals surface area contributed by atoms with Gasteiger partial charge in [-0.05, 0) is 43.2 Å². The number of carbonyl (C=O) groups is 2. The number of rotatable bonds is 7. The number of benzene rings is 2. The Morgan fingerprint density at radius 3 is 2.46 bits per heavy atom. The molecule has 0 N–H and O–H groups in total. The predicted molar refractivity (Wildman–Crippen MR) is 102 cm³/mol. The Morgan fingerprint density at radius 1 is 1.18 bits per heavy atom. The zero-order chi connectivity index (χ0) is 20.7. The number of aryl methyl sites for hydroxylation is 2. The zero-order valence-electron chi connectivity index (χ0n) is 15.5. The van der Waals surface area contributed by atoms with Gasteiger partial charge >= 0.3 is 5.97 Å². The number of hydrogen-bond acceptors (Lipinski definition) is 6. The van der Waals surface area contributed by atoms with Crippen molar-refractivity contribution in [3.8, 4) is 6.07 Å². The van der Waals surface area contributed by atoms with Gasteiger partial charge in [0.15, 0.2) is 6.61 Å². The molecule has 8 heteroatoms. The van der Waals surface area contributed by atoms with E-state index in [1.165, 1.54) is 23.1 Å². The first-order chi connectivity index (χ1) is 13.3. The molecule has 0 saturated heterocycles. The van der Waals surface area contributed by atoms with Gasteiger partial charge in [0.25, 0.3) is 11.6 Å². The highest BCUT2D eigenvalue weighted by Gasteiger charge is 2.19. The molecule has 2 aromatic rings. The van der Waals surface area contributed by atoms with Crippen molar-refractivity contribution in [2.75, 3.05) is 18.1 Å². The molecule has 0 unspecified atom stereocenters. The summed E-state index contributed by atoms with van der Waals surface area (Å²) in [6, 6.07) is 12.7. The van der Waals surface area contributed by atoms with E-state index in [0.29, 0.717) is 5.69 Å². The minimum absolute atomic E-state index is 0.0167. The van der Waals surface area contributed by atoms with Gasteiger partial charge in [0.05, 0.1) is 23.0 Å². The molecule has 0 bridgehead atoms. The van der Waals surface area contributed by atoms with Crippen LogP contribution in [0.25, 0.3) is 0 Å². The third-order valence-electron chi connectivity index (χ3n) is 3.89. The predicted octanol–water partition coefficient (Wildman–Crippen LogP) is 3.32. The average Bonchev–Trinajstić information content (AvgIpc) is 2.65. The lowest BCUT2D eigenvalue weighted by Gasteiger charge is -2.22. The van der Waals surface area contributed by atoms with Crippen LogP contribution in [0.15, 0.2) is 42.5 Å². The second kappa shape index (κ2) is 9.28. The number of nitriles is 1. The van der Waals surface area contributed by atoms with Crippen LogP contribution in [0.5, 0.6) is 0 Å². The van der Waals surface area contributed by atoms with E-state index >= 15 is 0 Å². The van der Waals surface area contributed by atoms with Gasteiger partial charge in [-0.25, -0.2) is 4.79 Å². The molecule has 28 heavy (non-hydrogen) atoms. The molecule has 2 aromatic carbocycles. The molecule has 8 nitrogen and oxygen atoms in total. The summed E-state index contributed by atoms with van der Waals surface area (Å²) >= 11 is 0. The molecular formula is C20H19N3O5. The normalized spacial score (nSPS) is 10.0. The van der Waals surface area contributed by atoms with Crippen LogP contribution >= 0.6 is 0 Å². The van der Waals surface area contributed by atoms with E-state index in [1.807, 2.05) is 38.1 Å². The Bertz CT molecular complexity index is 929. The quantitative estimate of drug-likeness (QED) is 0.413. The SMILES string of the molecule is Cc1cc(C)cc(N(CCC#N)C(=O)COC(=O)c2cccc([N+](=O)[O-])c2)c1. The van der Waals surface area contributed by atoms with Crippen molar-refractivity contribution >= 4 is 23.3 Å². The number of amides is 1. The summed E-state index contributed by atoms with van der Waals surface area (Å²) < 4.78 is 5.03. The Hall–Kier alpha value is -3.73. The van der Waals surface area contributed by atoms with Crippen molar-refractivity contribution in [3.05, 3.63) is 69.3 Å². The first-order valence-corrected chi connectivity index (χ1v) is 8.49. The van der Waals surface area contributed by atoms with E-state index in [0.717, 1.165) is 17.2 Å². The van der Waals surface area contributed by atoms with E-state index in [1.54, 1.807) is 0 Å². The van der Waals surface area contributed by atoms with Crippen molar-refractivity contribution < 1.29 is 19.2 Å². The molecule has 0 saturated carbocycles. The Kier molecular flexibility index (Phi) is 6.82. The molecule has 144 valence electrons. The molecule has 0 radical (unpaired) electrons. The maximum absolute atomic E-state index is 12.6. The lowest BCUT2D eigenvalue weighted by Crippen LogP contribution is -2.35. The molecule has 0 spiro atoms. The third-order valence-corrected chi connectivity index (χ3v) is 3.89. The molecule has 0 aliphatic carbocycles. The van der Waals surface area contributed by atoms with E-state index in [4.69, 9.17) is 10.00 Å². The van der Waals surface area contributed by atoms with Gasteiger partial charge in [-0.1, -0.05) is 12.1 Å². The zero-order valence-corrected chi connectivity index (χ0v) is 15.5. The number of nitro groups is 1. The van der Waals surface area contributed by atoms with Crippen LogP contribution < -0.4 is 4.90 Å². The van der Waals surface area contributed by atoms with Crippen LogP contribution in [0.4, 0.5) is 11.4 Å². The maximum atomic E-state index is 12.6. The van der Waals surface area contributed by atoms with E-state index < -0.39 is 23.4 Å². The molecule has 1 amide bonds. The first kappa shape index (κ1) is 20.6. The molecule has 0 heterocycles. The molecule has 0 fully saturated rings. The summed E-state index contributed by atoms with van der Waals surface area (Å²) in [5.74, 6) is -1.32. The van der Waals surface area contributed by atoms with Crippen molar-refractivity contribution in [2.45, 2.75) is 20.3 Å². The highest BCUT2D eigenvalue weighted by molar-refractivity contribution is 5.97. The van der Waals surface area contributed by atoms with Crippen LogP contribution in [0, 0.1) is 35.3 Å². The standard InChI is InChI=1S/C20H19N3O5/c1-14-9-15(2)11-18(10-14)22(8-4-7-21)19(24)13-28-20(25)16-5-3-6-17(12-16)23(26)27/h3,5-6,9-12H,4,8,13H2,1-2H3. The van der Waals surface area contributed by atoms with Crippen LogP contribution in [0.1, 0.15) is 27.9 Å². The third kappa shape index (κ3) is 5.38. The fourth-order valence-corrected chi connectivity index (χ4v) is 2.70. The smallest absolute Gasteiger partial charge is 0.338 e. The summed E-state index contributed by atoms with van der Waals surface area (Å²) in [6.45, 7) is 3.41. The summed E-state index contributed by atoms with van der Waals surface area (Å²) in [7, 11) is 0. The van der Waals surface area contributed by atoms with Crippen molar-refractivity contribution in [1.29, 1.82) is 5.26 Å². The van der Waals surface area contributed by atoms with Crippen LogP contribution in [-0.2, 0) is 9.53 Å². The average molecular weight is 381 g/mol. The van der Waals surface area contributed by atoms with Gasteiger partial charge in [-0.3, -0.25) is 14.9 Å². The number of carbonyl (C=O) groups excluding carboxylic acids is 2. The maximum Gasteiger partial charge on any atom is 0.338 e. The van der Waals surface area contributed by atoms with Gasteiger partial charge in [0.2, 0.25) is 0 Å². The topological polar surface area (TPSA) is 114 Å². The largest absolute Gasteiger partial charge is 0.452 e. The number of nitrogens with zero attached hydrogens (tertiary/aromatic N) is 3. The van der Waals surface area contributed by atoms with Crippen molar-refractivity contribution in [2.24, 2.45) is 0 Å². The number of non-ortho nitro benzene ring substituents is 1. The Balaban J connectivity index is 2.13. The number of esters is 1. The van der Waals surface area contributed by atoms with Crippen LogP contribution in [0.2, 0.25) is 0 Å². The number of anilines is 1. The van der Waals surface area contributed by atoms with E-state index in [-0.39, 0.29) is 24.2 Å². The second-order valence-electron chi connectivity index (χ2n) is 6.18. The van der Waals surface area contributed by atoms with Crippen LogP contribution in [0.3, 0.4) is 0 Å². The number of nitro benzene ring substituents is 1. The van der Waals surface area contributed by atoms with Gasteiger partial charge in [0.1, 0.15) is 0 Å². The van der Waals surface area contributed by atoms with Crippen LogP contribution in [-0.4, -0.2) is 30.0 Å². The van der Waals surface area contributed by atoms with E-state index in [2.05, 4.69) is 0 Å². The number of hydrogen-bond donors (Lipinski definition) is 0. The molecule has 0 aliphatic rings. The summed E-state index contributed by atoms with van der Waals surface area (Å²) in [5.41, 5.74) is 2.27. The monoisotopic (exact) mass is 381 g/mol. The Morgan fingerprint density at radius 2 is 1.86 bits per heavy atom. The molecule has 2 rings (SSSR count). The highest BCUT2D eigenvalue weighted by atomic mass is 16.6. The summed E-state index contributed by atoms with van der Waals surface area (Å²) in [5, 5.41) is 19.7. The van der Waals surface area contributed by atoms with Crippen molar-refractivity contribution in [1.82, 2.24) is 0 Å². The molecule has 0 aromatic heterocycles. The van der Waals surface area contributed by atoms with E-state index in [9.17, 15) is 19.7 Å². The minimum Gasteiger partial charge on any atom is -0.452 e. The Labute approximate surface area is 162 Å². The molecular weight excluding hydrogens is 362 g/mol. The second-order valence-corrected chi connectivity index (χ2v) is 6.18. The van der Waals surface area contributed by atoms with Gasteiger partial charge in [-0.15, -0.1) is 0 Å². The summed E-state index contributed by atoms with van der Waals surface area (Å²) in [6.07, 6.45) is 0.123. The lowest BCUT2D eigenvalue weighted by molar-refractivity contribution is -0.384. The molecule has 0 atom stereocenters. The van der Waals surface area contributed by atoms with Crippen molar-refractivity contribution in [3.63, 3.8) is 0 Å². The fourth-order valence-electron chi connectivity index (χ4n) is 2.70. The molecule has 0 aliphatic heterocycles. The van der Waals surface area contributed by atoms with Gasteiger partial charge < -0.3 is 9.64 Å². The number of ether oxygens (including phenoxy) is 1. The summed E-state index contributed by atoms with van der Waals surface area (Å²) in [4.78, 5) is 36.3. The first-order valence-electron chi connectivity index (χ1n) is 8.49.